The Labute approximate surface area is 137 Å². The quantitative estimate of drug-likeness (QED) is 0.433. The van der Waals surface area contributed by atoms with E-state index >= 15 is 0 Å². The maximum absolute atomic E-state index is 12.1. The highest BCUT2D eigenvalue weighted by atomic mass is 79.9. The largest absolute Gasteiger partial charge is 0.497 e. The van der Waals surface area contributed by atoms with E-state index < -0.39 is 6.23 Å². The first kappa shape index (κ1) is 16.7. The summed E-state index contributed by atoms with van der Waals surface area (Å²) in [6, 6.07) is 5.10. The molecule has 6 nitrogen and oxygen atoms in total. The third-order valence-electron chi connectivity index (χ3n) is 3.43. The smallest absolute Gasteiger partial charge is 0.352 e. The molecule has 0 radical (unpaired) electrons. The van der Waals surface area contributed by atoms with Gasteiger partial charge in [-0.2, -0.15) is 0 Å². The summed E-state index contributed by atoms with van der Waals surface area (Å²) in [5.41, 5.74) is 0.495. The molecule has 1 N–H and O–H groups in total. The summed E-state index contributed by atoms with van der Waals surface area (Å²) < 4.78 is 11.6. The van der Waals surface area contributed by atoms with Crippen LogP contribution in [0.15, 0.2) is 18.2 Å². The van der Waals surface area contributed by atoms with Gasteiger partial charge in [-0.3, -0.25) is 4.79 Å². The van der Waals surface area contributed by atoms with Gasteiger partial charge >= 0.3 is 11.9 Å². The van der Waals surface area contributed by atoms with E-state index in [9.17, 15) is 9.70 Å². The molecular weight excluding hydrogens is 352 g/mol. The fourth-order valence-corrected chi connectivity index (χ4v) is 2.62. The Balaban J connectivity index is 1.78. The minimum absolute atomic E-state index is 0.00980. The van der Waals surface area contributed by atoms with Crippen LogP contribution in [-0.4, -0.2) is 35.9 Å². The number of nitrogens with one attached hydrogen (secondary N) is 1. The van der Waals surface area contributed by atoms with Crippen LogP contribution in [0.2, 0.25) is 0 Å². The topological polar surface area (TPSA) is 67.6 Å². The van der Waals surface area contributed by atoms with Crippen LogP contribution in [0.4, 0.5) is 5.69 Å². The number of halogens is 1. The van der Waals surface area contributed by atoms with Crippen molar-refractivity contribution in [2.45, 2.75) is 31.9 Å². The molecule has 1 amide bonds. The molecule has 1 aromatic rings. The Kier molecular flexibility index (Phi) is 6.18. The van der Waals surface area contributed by atoms with E-state index in [0.29, 0.717) is 36.6 Å². The molecule has 2 rings (SSSR count). The molecule has 1 heterocycles. The van der Waals surface area contributed by atoms with E-state index in [1.165, 1.54) is 0 Å². The van der Waals surface area contributed by atoms with Crippen LogP contribution in [0.5, 0.6) is 11.5 Å². The van der Waals surface area contributed by atoms with Crippen LogP contribution >= 0.6 is 15.9 Å². The summed E-state index contributed by atoms with van der Waals surface area (Å²) in [6.07, 6.45) is 2.17. The standard InChI is InChI=1S/C15H19BrN2O4/c1-21-11-5-6-12-13(10-11)22-15(18(12)20)7-9-17-14(19)4-2-3-8-16/h5-6,10,15H,2-4,7-9H2,1H3/p+1. The van der Waals surface area contributed by atoms with Crippen molar-refractivity contribution in [1.82, 2.24) is 5.32 Å². The fourth-order valence-electron chi connectivity index (χ4n) is 2.23. The van der Waals surface area contributed by atoms with E-state index in [2.05, 4.69) is 21.2 Å². The number of nitroso groups, excluding NO2 is 1. The number of rotatable bonds is 8. The van der Waals surface area contributed by atoms with Gasteiger partial charge in [0, 0.05) is 35.3 Å². The van der Waals surface area contributed by atoms with Gasteiger partial charge in [-0.25, -0.2) is 0 Å². The van der Waals surface area contributed by atoms with Gasteiger partial charge in [-0.15, -0.1) is 0 Å². The van der Waals surface area contributed by atoms with Gasteiger partial charge in [-0.1, -0.05) is 15.9 Å². The van der Waals surface area contributed by atoms with Crippen LogP contribution in [-0.2, 0) is 4.79 Å². The number of benzene rings is 1. The van der Waals surface area contributed by atoms with Crippen molar-refractivity contribution in [2.75, 3.05) is 19.0 Å². The molecule has 7 heteroatoms. The number of methoxy groups -OCH3 is 1. The minimum Gasteiger partial charge on any atom is -0.497 e. The van der Waals surface area contributed by atoms with Crippen LogP contribution in [0.25, 0.3) is 0 Å². The second-order valence-corrected chi connectivity index (χ2v) is 5.81. The van der Waals surface area contributed by atoms with Crippen molar-refractivity contribution in [3.8, 4) is 11.5 Å². The number of hydrogen-bond acceptors (Lipinski definition) is 4. The Bertz CT molecular complexity index is 550. The molecule has 0 aromatic heterocycles. The second-order valence-electron chi connectivity index (χ2n) is 5.02. The van der Waals surface area contributed by atoms with Crippen molar-refractivity contribution in [3.05, 3.63) is 23.1 Å². The van der Waals surface area contributed by atoms with Crippen molar-refractivity contribution in [1.29, 1.82) is 0 Å². The predicted molar refractivity (Wildman–Crippen MR) is 86.0 cm³/mol. The lowest BCUT2D eigenvalue weighted by Crippen LogP contribution is -2.30. The Morgan fingerprint density at radius 2 is 2.27 bits per heavy atom. The van der Waals surface area contributed by atoms with Crippen LogP contribution in [0.1, 0.15) is 25.7 Å². The molecule has 120 valence electrons. The van der Waals surface area contributed by atoms with E-state index in [-0.39, 0.29) is 5.91 Å². The molecule has 1 aliphatic heterocycles. The summed E-state index contributed by atoms with van der Waals surface area (Å²) in [6.45, 7) is 0.418. The molecule has 0 fully saturated rings. The molecule has 0 bridgehead atoms. The number of carbonyl (C=O) groups excluding carboxylic acids is 1. The van der Waals surface area contributed by atoms with Gasteiger partial charge in [0.25, 0.3) is 0 Å². The Morgan fingerprint density at radius 1 is 1.45 bits per heavy atom. The highest BCUT2D eigenvalue weighted by Gasteiger charge is 2.40. The summed E-state index contributed by atoms with van der Waals surface area (Å²) in [5, 5.41) is 3.72. The Morgan fingerprint density at radius 3 is 3.00 bits per heavy atom. The molecule has 0 saturated carbocycles. The van der Waals surface area contributed by atoms with Crippen molar-refractivity contribution in [2.24, 2.45) is 0 Å². The third kappa shape index (κ3) is 4.19. The number of unbranched alkanes of at least 4 members (excludes halogenated alkanes) is 1. The summed E-state index contributed by atoms with van der Waals surface area (Å²) in [5.74, 6) is 1.17. The summed E-state index contributed by atoms with van der Waals surface area (Å²) in [7, 11) is 1.56. The molecule has 0 aliphatic carbocycles. The fraction of sp³-hybridized carbons (Fsp3) is 0.533. The SMILES string of the molecule is COc1ccc2c(c1)OC(CCNC(=O)CCCCBr)[N+]2=O. The van der Waals surface area contributed by atoms with Crippen LogP contribution in [0.3, 0.4) is 0 Å². The lowest BCUT2D eigenvalue weighted by Gasteiger charge is -2.05. The lowest BCUT2D eigenvalue weighted by molar-refractivity contribution is -0.529. The zero-order valence-corrected chi connectivity index (χ0v) is 14.1. The normalized spacial score (nSPS) is 16.1. The number of nitrogens with zero attached hydrogens (tertiary/aromatic N) is 1. The van der Waals surface area contributed by atoms with Crippen molar-refractivity contribution >= 4 is 27.5 Å². The number of alkyl halides is 1. The number of ether oxygens (including phenoxy) is 2. The first-order chi connectivity index (χ1) is 10.7. The average Bonchev–Trinajstić information content (AvgIpc) is 2.83. The summed E-state index contributed by atoms with van der Waals surface area (Å²) in [4.78, 5) is 23.7. The zero-order valence-electron chi connectivity index (χ0n) is 12.5. The number of amides is 1. The van der Waals surface area contributed by atoms with E-state index in [4.69, 9.17) is 9.47 Å². The number of fused-ring (bicyclic) bond motifs is 1. The van der Waals surface area contributed by atoms with Gasteiger partial charge in [0.2, 0.25) is 11.7 Å². The molecule has 0 spiro atoms. The van der Waals surface area contributed by atoms with E-state index in [1.807, 2.05) is 0 Å². The summed E-state index contributed by atoms with van der Waals surface area (Å²) >= 11 is 3.33. The molecular formula is C15H20BrN2O4+. The molecule has 1 aliphatic rings. The van der Waals surface area contributed by atoms with E-state index in [0.717, 1.165) is 22.9 Å². The van der Waals surface area contributed by atoms with Crippen molar-refractivity contribution in [3.63, 3.8) is 0 Å². The monoisotopic (exact) mass is 371 g/mol. The molecule has 1 aromatic carbocycles. The van der Waals surface area contributed by atoms with Crippen molar-refractivity contribution < 1.29 is 19.0 Å². The zero-order chi connectivity index (χ0) is 15.9. The van der Waals surface area contributed by atoms with Gasteiger partial charge in [0.05, 0.1) is 18.3 Å². The average molecular weight is 372 g/mol. The van der Waals surface area contributed by atoms with Crippen LogP contribution < -0.4 is 14.8 Å². The minimum atomic E-state index is -0.607. The van der Waals surface area contributed by atoms with Crippen LogP contribution in [0, 0.1) is 4.91 Å². The molecule has 0 saturated heterocycles. The highest BCUT2D eigenvalue weighted by molar-refractivity contribution is 9.09. The van der Waals surface area contributed by atoms with E-state index in [1.54, 1.807) is 25.3 Å². The molecule has 1 atom stereocenters. The maximum atomic E-state index is 12.1. The highest BCUT2D eigenvalue weighted by Crippen LogP contribution is 2.38. The second kappa shape index (κ2) is 8.12. The van der Waals surface area contributed by atoms with Gasteiger partial charge < -0.3 is 14.8 Å². The maximum Gasteiger partial charge on any atom is 0.352 e. The predicted octanol–water partition coefficient (Wildman–Crippen LogP) is 2.90. The van der Waals surface area contributed by atoms with Gasteiger partial charge in [0.15, 0.2) is 0 Å². The van der Waals surface area contributed by atoms with Gasteiger partial charge in [0.1, 0.15) is 5.75 Å². The Hall–Kier alpha value is -1.63. The third-order valence-corrected chi connectivity index (χ3v) is 3.99. The lowest BCUT2D eigenvalue weighted by atomic mass is 10.2. The first-order valence-electron chi connectivity index (χ1n) is 7.29. The molecule has 1 unspecified atom stereocenters. The molecule has 22 heavy (non-hydrogen) atoms. The van der Waals surface area contributed by atoms with Gasteiger partial charge in [-0.05, 0) is 18.9 Å². The first-order valence-corrected chi connectivity index (χ1v) is 8.41. The number of hydrogen-bond donors (Lipinski definition) is 1. The number of carbonyl (C=O) groups is 1.